The van der Waals surface area contributed by atoms with Crippen LogP contribution in [0.25, 0.3) is 0 Å². The molecule has 0 spiro atoms. The molecule has 2 aromatic heterocycles. The number of benzene rings is 1. The van der Waals surface area contributed by atoms with E-state index in [1.807, 2.05) is 18.7 Å². The van der Waals surface area contributed by atoms with Gasteiger partial charge in [-0.2, -0.15) is 4.98 Å². The van der Waals surface area contributed by atoms with Crippen LogP contribution in [0.1, 0.15) is 62.8 Å². The average molecular weight is 546 g/mol. The van der Waals surface area contributed by atoms with Crippen LogP contribution in [0.4, 0.5) is 25.1 Å². The minimum absolute atomic E-state index is 0.0597. The maximum Gasteiger partial charge on any atom is 0.324 e. The summed E-state index contributed by atoms with van der Waals surface area (Å²) in [4.78, 5) is 17.2. The fraction of sp³-hybridized carbons (Fsp3) is 0.556. The van der Waals surface area contributed by atoms with Crippen LogP contribution in [-0.2, 0) is 0 Å². The van der Waals surface area contributed by atoms with Crippen molar-refractivity contribution >= 4 is 12.0 Å². The third-order valence-electron chi connectivity index (χ3n) is 7.56. The van der Waals surface area contributed by atoms with Crippen molar-refractivity contribution in [3.8, 4) is 5.75 Å². The van der Waals surface area contributed by atoms with E-state index in [1.165, 1.54) is 0 Å². The zero-order chi connectivity index (χ0) is 27.5. The highest BCUT2D eigenvalue weighted by Crippen LogP contribution is 2.32. The molecular formula is C27H34F3N7O2. The summed E-state index contributed by atoms with van der Waals surface area (Å²) >= 11 is 0. The number of halogens is 3. The molecule has 0 radical (unpaired) electrons. The van der Waals surface area contributed by atoms with Gasteiger partial charge in [-0.3, -0.25) is 0 Å². The summed E-state index contributed by atoms with van der Waals surface area (Å²) in [6.45, 7) is 7.14. The lowest BCUT2D eigenvalue weighted by Crippen LogP contribution is -2.34. The molecule has 9 nitrogen and oxygen atoms in total. The highest BCUT2D eigenvalue weighted by Gasteiger charge is 2.35. The van der Waals surface area contributed by atoms with E-state index in [4.69, 9.17) is 15.0 Å². The molecule has 3 aromatic rings. The Morgan fingerprint density at radius 1 is 1.03 bits per heavy atom. The monoisotopic (exact) mass is 545 g/mol. The van der Waals surface area contributed by atoms with E-state index in [0.29, 0.717) is 49.4 Å². The minimum atomic E-state index is -1.22. The summed E-state index contributed by atoms with van der Waals surface area (Å²) in [7, 11) is 0. The van der Waals surface area contributed by atoms with Crippen molar-refractivity contribution < 1.29 is 22.4 Å². The van der Waals surface area contributed by atoms with Crippen LogP contribution in [0.5, 0.6) is 5.75 Å². The van der Waals surface area contributed by atoms with Crippen molar-refractivity contribution in [2.75, 3.05) is 42.6 Å². The van der Waals surface area contributed by atoms with Gasteiger partial charge in [0.15, 0.2) is 23.2 Å². The standard InChI is InChI=1S/C27H34F3N7O2/c1-16(2)25-34-27(39-35-25)36-7-5-17(6-8-36)4-3-9-38-18-12-32-26(33-13-18)37-14-20(24(31)15-37)19-10-22(29)23(30)11-21(19)28/h10-13,16-17,20,24H,3-9,14-15,31H2,1-2H3/t20?,24-/m0/s1. The summed E-state index contributed by atoms with van der Waals surface area (Å²) in [5.74, 6) is -1.01. The van der Waals surface area contributed by atoms with Crippen LogP contribution in [0, 0.1) is 23.4 Å². The average Bonchev–Trinajstić information content (AvgIpc) is 3.57. The van der Waals surface area contributed by atoms with Gasteiger partial charge in [0.05, 0.1) is 19.0 Å². The lowest BCUT2D eigenvalue weighted by molar-refractivity contribution is 0.275. The number of rotatable bonds is 9. The van der Waals surface area contributed by atoms with Crippen molar-refractivity contribution in [3.63, 3.8) is 0 Å². The Morgan fingerprint density at radius 2 is 1.74 bits per heavy atom. The third kappa shape index (κ3) is 6.26. The van der Waals surface area contributed by atoms with Gasteiger partial charge in [-0.1, -0.05) is 19.0 Å². The second-order valence-corrected chi connectivity index (χ2v) is 10.7. The molecular weight excluding hydrogens is 511 g/mol. The first-order valence-electron chi connectivity index (χ1n) is 13.5. The summed E-state index contributed by atoms with van der Waals surface area (Å²) in [5.41, 5.74) is 6.26. The molecule has 0 bridgehead atoms. The first kappa shape index (κ1) is 27.2. The van der Waals surface area contributed by atoms with Crippen molar-refractivity contribution in [1.82, 2.24) is 20.1 Å². The molecule has 0 saturated carbocycles. The maximum absolute atomic E-state index is 14.3. The number of nitrogens with zero attached hydrogens (tertiary/aromatic N) is 6. The van der Waals surface area contributed by atoms with Gasteiger partial charge in [-0.25, -0.2) is 23.1 Å². The van der Waals surface area contributed by atoms with Gasteiger partial charge in [0.25, 0.3) is 0 Å². The number of aromatic nitrogens is 4. The highest BCUT2D eigenvalue weighted by molar-refractivity contribution is 5.39. The summed E-state index contributed by atoms with van der Waals surface area (Å²) in [5, 5.41) is 4.05. The van der Waals surface area contributed by atoms with Gasteiger partial charge < -0.3 is 24.8 Å². The van der Waals surface area contributed by atoms with E-state index in [9.17, 15) is 13.2 Å². The zero-order valence-corrected chi connectivity index (χ0v) is 22.2. The topological polar surface area (TPSA) is 106 Å². The van der Waals surface area contributed by atoms with E-state index in [2.05, 4.69) is 25.0 Å². The van der Waals surface area contributed by atoms with Crippen LogP contribution in [0.2, 0.25) is 0 Å². The minimum Gasteiger partial charge on any atom is -0.490 e. The number of piperidine rings is 1. The smallest absolute Gasteiger partial charge is 0.324 e. The van der Waals surface area contributed by atoms with Crippen molar-refractivity contribution in [2.45, 2.75) is 57.4 Å². The second kappa shape index (κ2) is 11.8. The van der Waals surface area contributed by atoms with Crippen LogP contribution in [-0.4, -0.2) is 58.9 Å². The number of anilines is 2. The molecule has 4 heterocycles. The number of hydrogen-bond donors (Lipinski definition) is 1. The third-order valence-corrected chi connectivity index (χ3v) is 7.56. The lowest BCUT2D eigenvalue weighted by Gasteiger charge is -2.30. The molecule has 0 amide bonds. The zero-order valence-electron chi connectivity index (χ0n) is 22.2. The Balaban J connectivity index is 1.05. The molecule has 2 atom stereocenters. The molecule has 2 aliphatic rings. The normalized spacial score (nSPS) is 20.3. The van der Waals surface area contributed by atoms with Crippen LogP contribution < -0.4 is 20.3 Å². The van der Waals surface area contributed by atoms with Gasteiger partial charge in [0, 0.05) is 50.1 Å². The second-order valence-electron chi connectivity index (χ2n) is 10.7. The molecule has 39 heavy (non-hydrogen) atoms. The highest BCUT2D eigenvalue weighted by atomic mass is 19.2. The first-order chi connectivity index (χ1) is 18.8. The van der Waals surface area contributed by atoms with Gasteiger partial charge >= 0.3 is 6.01 Å². The van der Waals surface area contributed by atoms with Gasteiger partial charge in [0.2, 0.25) is 5.95 Å². The van der Waals surface area contributed by atoms with Gasteiger partial charge in [-0.15, -0.1) is 0 Å². The van der Waals surface area contributed by atoms with E-state index in [1.54, 1.807) is 12.4 Å². The largest absolute Gasteiger partial charge is 0.490 e. The Hall–Kier alpha value is -3.41. The van der Waals surface area contributed by atoms with Crippen molar-refractivity contribution in [2.24, 2.45) is 11.7 Å². The van der Waals surface area contributed by atoms with Gasteiger partial charge in [0.1, 0.15) is 5.82 Å². The maximum atomic E-state index is 14.3. The molecule has 2 aliphatic heterocycles. The molecule has 1 aromatic carbocycles. The van der Waals surface area contributed by atoms with E-state index in [-0.39, 0.29) is 11.5 Å². The predicted molar refractivity (Wildman–Crippen MR) is 139 cm³/mol. The van der Waals surface area contributed by atoms with E-state index >= 15 is 0 Å². The predicted octanol–water partition coefficient (Wildman–Crippen LogP) is 4.41. The molecule has 5 rings (SSSR count). The Morgan fingerprint density at radius 3 is 2.44 bits per heavy atom. The summed E-state index contributed by atoms with van der Waals surface area (Å²) in [6.07, 6.45) is 7.35. The Bertz CT molecular complexity index is 1250. The quantitative estimate of drug-likeness (QED) is 0.309. The molecule has 1 unspecified atom stereocenters. The Labute approximate surface area is 225 Å². The molecule has 12 heteroatoms. The number of ether oxygens (including phenoxy) is 1. The molecule has 2 saturated heterocycles. The molecule has 210 valence electrons. The lowest BCUT2D eigenvalue weighted by atomic mass is 9.92. The van der Waals surface area contributed by atoms with Crippen molar-refractivity contribution in [1.29, 1.82) is 0 Å². The number of nitrogens with two attached hydrogens (primary N) is 1. The van der Waals surface area contributed by atoms with Crippen molar-refractivity contribution in [3.05, 3.63) is 53.4 Å². The van der Waals surface area contributed by atoms with E-state index < -0.39 is 29.4 Å². The Kier molecular flexibility index (Phi) is 8.20. The van der Waals surface area contributed by atoms with E-state index in [0.717, 1.165) is 50.7 Å². The van der Waals surface area contributed by atoms with Crippen LogP contribution in [0.15, 0.2) is 29.0 Å². The molecule has 2 N–H and O–H groups in total. The van der Waals surface area contributed by atoms with Crippen LogP contribution in [0.3, 0.4) is 0 Å². The van der Waals surface area contributed by atoms with Crippen LogP contribution >= 0.6 is 0 Å². The first-order valence-corrected chi connectivity index (χ1v) is 13.5. The molecule has 2 fully saturated rings. The SMILES string of the molecule is CC(C)c1noc(N2CCC(CCCOc3cnc(N4CC(c5cc(F)c(F)cc5F)[C@@H](N)C4)nc3)CC2)n1. The fourth-order valence-corrected chi connectivity index (χ4v) is 5.25. The fourth-order valence-electron chi connectivity index (χ4n) is 5.25. The number of hydrogen-bond acceptors (Lipinski definition) is 9. The summed E-state index contributed by atoms with van der Waals surface area (Å²) < 4.78 is 52.6. The van der Waals surface area contributed by atoms with Gasteiger partial charge in [-0.05, 0) is 43.2 Å². The molecule has 0 aliphatic carbocycles. The summed E-state index contributed by atoms with van der Waals surface area (Å²) in [6, 6.07) is 1.59.